The lowest BCUT2D eigenvalue weighted by molar-refractivity contribution is -0.0586. The number of fused-ring (bicyclic) bond motifs is 1. The topological polar surface area (TPSA) is 46.6 Å². The van der Waals surface area contributed by atoms with Crippen LogP contribution in [0.15, 0.2) is 0 Å². The van der Waals surface area contributed by atoms with Gasteiger partial charge in [0.2, 0.25) is 10.0 Å². The van der Waals surface area contributed by atoms with Gasteiger partial charge in [-0.1, -0.05) is 26.2 Å². The molecule has 1 aliphatic carbocycles. The minimum absolute atomic E-state index is 0.111. The summed E-state index contributed by atoms with van der Waals surface area (Å²) in [6.45, 7) is 3.14. The average molecular weight is 261 g/mol. The number of hydrogen-bond acceptors (Lipinski definition) is 3. The lowest BCUT2D eigenvalue weighted by Gasteiger charge is -2.42. The molecule has 0 aromatic heterocycles. The highest BCUT2D eigenvalue weighted by Crippen LogP contribution is 2.30. The summed E-state index contributed by atoms with van der Waals surface area (Å²) in [4.78, 5) is 0. The lowest BCUT2D eigenvalue weighted by atomic mass is 9.91. The Morgan fingerprint density at radius 3 is 2.82 bits per heavy atom. The largest absolute Gasteiger partial charge is 0.375 e. The number of unbranched alkanes of at least 4 members (excludes halogenated alkanes) is 1. The van der Waals surface area contributed by atoms with Crippen LogP contribution in [-0.4, -0.2) is 43.8 Å². The molecule has 0 N–H and O–H groups in total. The molecule has 0 aromatic carbocycles. The SMILES string of the molecule is CCCCS(=O)(=O)N1CCO[C@@H]2CCCC[C@H]21. The van der Waals surface area contributed by atoms with Crippen LogP contribution < -0.4 is 0 Å². The highest BCUT2D eigenvalue weighted by Gasteiger charge is 2.39. The smallest absolute Gasteiger partial charge is 0.214 e. The van der Waals surface area contributed by atoms with E-state index in [2.05, 4.69) is 0 Å². The Morgan fingerprint density at radius 2 is 2.06 bits per heavy atom. The van der Waals surface area contributed by atoms with Crippen LogP contribution in [0.4, 0.5) is 0 Å². The van der Waals surface area contributed by atoms with Crippen LogP contribution in [0.5, 0.6) is 0 Å². The van der Waals surface area contributed by atoms with Gasteiger partial charge in [0, 0.05) is 6.54 Å². The molecule has 17 heavy (non-hydrogen) atoms. The highest BCUT2D eigenvalue weighted by atomic mass is 32.2. The Labute approximate surface area is 104 Å². The first-order chi connectivity index (χ1) is 8.15. The third-order valence-corrected chi connectivity index (χ3v) is 5.77. The van der Waals surface area contributed by atoms with E-state index in [1.165, 1.54) is 6.42 Å². The fourth-order valence-corrected chi connectivity index (χ4v) is 4.74. The second-order valence-electron chi connectivity index (χ2n) is 5.04. The summed E-state index contributed by atoms with van der Waals surface area (Å²) < 4.78 is 32.0. The van der Waals surface area contributed by atoms with E-state index in [0.29, 0.717) is 18.9 Å². The van der Waals surface area contributed by atoms with E-state index in [4.69, 9.17) is 4.74 Å². The van der Waals surface area contributed by atoms with Crippen molar-refractivity contribution in [2.45, 2.75) is 57.6 Å². The van der Waals surface area contributed by atoms with Crippen LogP contribution in [0, 0.1) is 0 Å². The van der Waals surface area contributed by atoms with Gasteiger partial charge in [0.05, 0.1) is 24.5 Å². The van der Waals surface area contributed by atoms with Crippen molar-refractivity contribution >= 4 is 10.0 Å². The maximum Gasteiger partial charge on any atom is 0.214 e. The van der Waals surface area contributed by atoms with Crippen molar-refractivity contribution < 1.29 is 13.2 Å². The van der Waals surface area contributed by atoms with Gasteiger partial charge in [0.15, 0.2) is 0 Å². The summed E-state index contributed by atoms with van der Waals surface area (Å²) in [5.74, 6) is 0.298. The summed E-state index contributed by atoms with van der Waals surface area (Å²) in [6.07, 6.45) is 6.12. The van der Waals surface area contributed by atoms with E-state index in [1.54, 1.807) is 4.31 Å². The zero-order chi connectivity index (χ0) is 12.3. The number of sulfonamides is 1. The van der Waals surface area contributed by atoms with Gasteiger partial charge in [-0.15, -0.1) is 0 Å². The molecule has 0 aromatic rings. The Hall–Kier alpha value is -0.130. The first kappa shape index (κ1) is 13.3. The molecule has 1 aliphatic heterocycles. The van der Waals surface area contributed by atoms with Crippen LogP contribution >= 0.6 is 0 Å². The molecule has 0 radical (unpaired) electrons. The normalized spacial score (nSPS) is 31.1. The summed E-state index contributed by atoms with van der Waals surface area (Å²) in [7, 11) is -3.06. The number of nitrogens with zero attached hydrogens (tertiary/aromatic N) is 1. The van der Waals surface area contributed by atoms with E-state index in [0.717, 1.165) is 32.1 Å². The van der Waals surface area contributed by atoms with Gasteiger partial charge < -0.3 is 4.74 Å². The predicted octanol–water partition coefficient (Wildman–Crippen LogP) is 1.76. The molecule has 2 rings (SSSR count). The Balaban J connectivity index is 2.07. The molecule has 0 unspecified atom stereocenters. The molecule has 2 fully saturated rings. The zero-order valence-corrected chi connectivity index (χ0v) is 11.4. The number of rotatable bonds is 4. The molecule has 0 spiro atoms. The van der Waals surface area contributed by atoms with Crippen molar-refractivity contribution in [3.05, 3.63) is 0 Å². The second-order valence-corrected chi connectivity index (χ2v) is 7.08. The second kappa shape index (κ2) is 5.67. The maximum absolute atomic E-state index is 12.3. The van der Waals surface area contributed by atoms with Crippen LogP contribution in [0.1, 0.15) is 45.4 Å². The van der Waals surface area contributed by atoms with Crippen LogP contribution in [0.2, 0.25) is 0 Å². The van der Waals surface area contributed by atoms with Gasteiger partial charge in [-0.2, -0.15) is 4.31 Å². The quantitative estimate of drug-likeness (QED) is 0.774. The molecule has 1 heterocycles. The monoisotopic (exact) mass is 261 g/mol. The lowest BCUT2D eigenvalue weighted by Crippen LogP contribution is -2.55. The van der Waals surface area contributed by atoms with Gasteiger partial charge in [0.25, 0.3) is 0 Å². The summed E-state index contributed by atoms with van der Waals surface area (Å²) in [5, 5.41) is 0. The van der Waals surface area contributed by atoms with Crippen molar-refractivity contribution in [2.75, 3.05) is 18.9 Å². The third-order valence-electron chi connectivity index (χ3n) is 3.79. The van der Waals surface area contributed by atoms with Crippen LogP contribution in [0.3, 0.4) is 0 Å². The molecule has 2 aliphatic rings. The van der Waals surface area contributed by atoms with E-state index >= 15 is 0 Å². The molecule has 2 atom stereocenters. The molecule has 4 nitrogen and oxygen atoms in total. The Kier molecular flexibility index (Phi) is 4.44. The van der Waals surface area contributed by atoms with E-state index < -0.39 is 10.0 Å². The van der Waals surface area contributed by atoms with Crippen molar-refractivity contribution in [1.82, 2.24) is 4.31 Å². The van der Waals surface area contributed by atoms with E-state index in [-0.39, 0.29) is 12.1 Å². The molecular formula is C12H23NO3S. The fourth-order valence-electron chi connectivity index (χ4n) is 2.85. The van der Waals surface area contributed by atoms with Crippen LogP contribution in [-0.2, 0) is 14.8 Å². The predicted molar refractivity (Wildman–Crippen MR) is 67.4 cm³/mol. The zero-order valence-electron chi connectivity index (χ0n) is 10.6. The summed E-state index contributed by atoms with van der Waals surface area (Å²) in [6, 6.07) is 0.111. The fraction of sp³-hybridized carbons (Fsp3) is 1.00. The number of hydrogen-bond donors (Lipinski definition) is 0. The van der Waals surface area contributed by atoms with Gasteiger partial charge in [-0.25, -0.2) is 8.42 Å². The van der Waals surface area contributed by atoms with Crippen molar-refractivity contribution in [3.63, 3.8) is 0 Å². The minimum Gasteiger partial charge on any atom is -0.375 e. The first-order valence-corrected chi connectivity index (χ1v) is 8.37. The molecule has 0 amide bonds. The third kappa shape index (κ3) is 3.01. The molecule has 5 heteroatoms. The first-order valence-electron chi connectivity index (χ1n) is 6.76. The van der Waals surface area contributed by atoms with Gasteiger partial charge in [0.1, 0.15) is 0 Å². The van der Waals surface area contributed by atoms with E-state index in [1.807, 2.05) is 6.92 Å². The highest BCUT2D eigenvalue weighted by molar-refractivity contribution is 7.89. The minimum atomic E-state index is -3.06. The number of morpholine rings is 1. The van der Waals surface area contributed by atoms with Gasteiger partial charge >= 0.3 is 0 Å². The molecule has 1 saturated carbocycles. The molecule has 1 saturated heterocycles. The van der Waals surface area contributed by atoms with E-state index in [9.17, 15) is 8.42 Å². The van der Waals surface area contributed by atoms with Crippen molar-refractivity contribution in [3.8, 4) is 0 Å². The average Bonchev–Trinajstić information content (AvgIpc) is 2.36. The Morgan fingerprint density at radius 1 is 1.29 bits per heavy atom. The van der Waals surface area contributed by atoms with Crippen molar-refractivity contribution in [1.29, 1.82) is 0 Å². The number of ether oxygens (including phenoxy) is 1. The molecular weight excluding hydrogens is 238 g/mol. The summed E-state index contributed by atoms with van der Waals surface area (Å²) >= 11 is 0. The standard InChI is InChI=1S/C12H23NO3S/c1-2-3-10-17(14,15)13-8-9-16-12-7-5-4-6-11(12)13/h11-12H,2-10H2,1H3/t11-,12-/m1/s1. The maximum atomic E-state index is 12.3. The van der Waals surface area contributed by atoms with Gasteiger partial charge in [-0.3, -0.25) is 0 Å². The van der Waals surface area contributed by atoms with Crippen LogP contribution in [0.25, 0.3) is 0 Å². The molecule has 0 bridgehead atoms. The Bertz CT molecular complexity index is 340. The summed E-state index contributed by atoms with van der Waals surface area (Å²) in [5.41, 5.74) is 0. The van der Waals surface area contributed by atoms with Crippen molar-refractivity contribution in [2.24, 2.45) is 0 Å². The van der Waals surface area contributed by atoms with Gasteiger partial charge in [-0.05, 0) is 19.3 Å². The molecule has 100 valence electrons.